The van der Waals surface area contributed by atoms with Crippen LogP contribution in [0.4, 0.5) is 4.39 Å². The summed E-state index contributed by atoms with van der Waals surface area (Å²) in [7, 11) is 2.19. The molecule has 100 valence electrons. The zero-order valence-electron chi connectivity index (χ0n) is 10.9. The molecule has 1 fully saturated rings. The van der Waals surface area contributed by atoms with Crippen LogP contribution in [-0.4, -0.2) is 30.6 Å². The molecule has 0 aliphatic heterocycles. The lowest BCUT2D eigenvalue weighted by molar-refractivity contribution is 0.241. The Hall–Kier alpha value is -0.450. The number of nitrogens with zero attached hydrogens (tertiary/aromatic N) is 1. The van der Waals surface area contributed by atoms with E-state index in [2.05, 4.69) is 40.1 Å². The summed E-state index contributed by atoms with van der Waals surface area (Å²) >= 11 is 3.39. The number of hydrogen-bond donors (Lipinski definition) is 1. The van der Waals surface area contributed by atoms with Gasteiger partial charge >= 0.3 is 0 Å². The first-order chi connectivity index (χ1) is 8.58. The summed E-state index contributed by atoms with van der Waals surface area (Å²) < 4.78 is 13.8. The van der Waals surface area contributed by atoms with E-state index in [1.54, 1.807) is 0 Å². The van der Waals surface area contributed by atoms with Crippen molar-refractivity contribution in [1.82, 2.24) is 10.2 Å². The first-order valence-electron chi connectivity index (χ1n) is 6.44. The summed E-state index contributed by atoms with van der Waals surface area (Å²) in [6, 6.07) is 6.16. The van der Waals surface area contributed by atoms with Gasteiger partial charge in [-0.1, -0.05) is 22.0 Å². The average Bonchev–Trinajstić information content (AvgIpc) is 3.15. The van der Waals surface area contributed by atoms with Crippen molar-refractivity contribution in [2.75, 3.05) is 13.6 Å². The van der Waals surface area contributed by atoms with Crippen LogP contribution in [0.1, 0.15) is 25.3 Å². The van der Waals surface area contributed by atoms with Gasteiger partial charge in [0.15, 0.2) is 0 Å². The number of rotatable bonds is 6. The molecule has 1 N–H and O–H groups in total. The molecule has 1 saturated carbocycles. The van der Waals surface area contributed by atoms with Gasteiger partial charge in [-0.25, -0.2) is 4.39 Å². The Morgan fingerprint density at radius 3 is 2.83 bits per heavy atom. The Bertz CT molecular complexity index is 407. The predicted octanol–water partition coefficient (Wildman–Crippen LogP) is 3.16. The molecule has 2 rings (SSSR count). The van der Waals surface area contributed by atoms with E-state index in [4.69, 9.17) is 0 Å². The molecule has 0 spiro atoms. The molecule has 0 aromatic heterocycles. The molecule has 0 radical (unpaired) electrons. The van der Waals surface area contributed by atoms with Crippen molar-refractivity contribution in [3.8, 4) is 0 Å². The van der Waals surface area contributed by atoms with Gasteiger partial charge in [-0.05, 0) is 44.5 Å². The molecule has 1 aliphatic rings. The van der Waals surface area contributed by atoms with E-state index in [9.17, 15) is 4.39 Å². The molecule has 0 amide bonds. The van der Waals surface area contributed by atoms with Crippen molar-refractivity contribution in [1.29, 1.82) is 0 Å². The number of likely N-dealkylation sites (N-methyl/N-ethyl adjacent to an activating group) is 1. The van der Waals surface area contributed by atoms with Gasteiger partial charge in [0.2, 0.25) is 0 Å². The van der Waals surface area contributed by atoms with Crippen molar-refractivity contribution < 1.29 is 4.39 Å². The van der Waals surface area contributed by atoms with Gasteiger partial charge in [0.1, 0.15) is 5.82 Å². The van der Waals surface area contributed by atoms with E-state index >= 15 is 0 Å². The van der Waals surface area contributed by atoms with Gasteiger partial charge in [-0.2, -0.15) is 0 Å². The fourth-order valence-electron chi connectivity index (χ4n) is 2.07. The molecular formula is C14H20BrFN2. The van der Waals surface area contributed by atoms with Gasteiger partial charge in [-0.15, -0.1) is 0 Å². The molecule has 1 aliphatic carbocycles. The van der Waals surface area contributed by atoms with E-state index in [1.165, 1.54) is 25.0 Å². The van der Waals surface area contributed by atoms with Crippen molar-refractivity contribution in [3.05, 3.63) is 34.1 Å². The lowest BCUT2D eigenvalue weighted by Crippen LogP contribution is -2.38. The SMILES string of the molecule is CC(CNCc1ccc(F)cc1Br)N(C)C1CC1. The molecule has 0 heterocycles. The number of hydrogen-bond acceptors (Lipinski definition) is 2. The number of nitrogens with one attached hydrogen (secondary N) is 1. The summed E-state index contributed by atoms with van der Waals surface area (Å²) in [6.07, 6.45) is 2.68. The van der Waals surface area contributed by atoms with E-state index < -0.39 is 0 Å². The van der Waals surface area contributed by atoms with E-state index in [1.807, 2.05) is 6.07 Å². The van der Waals surface area contributed by atoms with Crippen molar-refractivity contribution in [2.45, 2.75) is 38.4 Å². The Balaban J connectivity index is 1.77. The van der Waals surface area contributed by atoms with E-state index in [-0.39, 0.29) is 5.82 Å². The van der Waals surface area contributed by atoms with Crippen molar-refractivity contribution >= 4 is 15.9 Å². The molecule has 0 saturated heterocycles. The third kappa shape index (κ3) is 3.77. The molecule has 0 bridgehead atoms. The van der Waals surface area contributed by atoms with Gasteiger partial charge in [-0.3, -0.25) is 4.90 Å². The third-order valence-electron chi connectivity index (χ3n) is 3.59. The summed E-state index contributed by atoms with van der Waals surface area (Å²) in [5.74, 6) is -0.201. The van der Waals surface area contributed by atoms with E-state index in [0.717, 1.165) is 29.2 Å². The van der Waals surface area contributed by atoms with Gasteiger partial charge in [0.05, 0.1) is 0 Å². The highest BCUT2D eigenvalue weighted by Gasteiger charge is 2.28. The maximum absolute atomic E-state index is 12.9. The first-order valence-corrected chi connectivity index (χ1v) is 7.24. The van der Waals surface area contributed by atoms with Crippen LogP contribution in [0, 0.1) is 5.82 Å². The summed E-state index contributed by atoms with van der Waals surface area (Å²) in [5.41, 5.74) is 1.10. The van der Waals surface area contributed by atoms with Crippen molar-refractivity contribution in [3.63, 3.8) is 0 Å². The molecule has 1 aromatic rings. The average molecular weight is 315 g/mol. The smallest absolute Gasteiger partial charge is 0.124 e. The van der Waals surface area contributed by atoms with Crippen LogP contribution < -0.4 is 5.32 Å². The summed E-state index contributed by atoms with van der Waals surface area (Å²) in [4.78, 5) is 2.44. The largest absolute Gasteiger partial charge is 0.311 e. The highest BCUT2D eigenvalue weighted by molar-refractivity contribution is 9.10. The molecule has 1 unspecified atom stereocenters. The van der Waals surface area contributed by atoms with E-state index in [0.29, 0.717) is 6.04 Å². The molecule has 1 aromatic carbocycles. The predicted molar refractivity (Wildman–Crippen MR) is 76.1 cm³/mol. The second kappa shape index (κ2) is 6.13. The monoisotopic (exact) mass is 314 g/mol. The van der Waals surface area contributed by atoms with Crippen LogP contribution in [0.25, 0.3) is 0 Å². The maximum Gasteiger partial charge on any atom is 0.124 e. The van der Waals surface area contributed by atoms with Crippen LogP contribution >= 0.6 is 15.9 Å². The fraction of sp³-hybridized carbons (Fsp3) is 0.571. The normalized spacial score (nSPS) is 17.2. The van der Waals surface area contributed by atoms with Crippen LogP contribution in [0.3, 0.4) is 0 Å². The first kappa shape index (κ1) is 14.0. The third-order valence-corrected chi connectivity index (χ3v) is 4.33. The lowest BCUT2D eigenvalue weighted by atomic mass is 10.2. The highest BCUT2D eigenvalue weighted by atomic mass is 79.9. The Labute approximate surface area is 117 Å². The second-order valence-electron chi connectivity index (χ2n) is 5.11. The van der Waals surface area contributed by atoms with Gasteiger partial charge in [0.25, 0.3) is 0 Å². The van der Waals surface area contributed by atoms with Crippen molar-refractivity contribution in [2.24, 2.45) is 0 Å². The quantitative estimate of drug-likeness (QED) is 0.867. The Morgan fingerprint density at radius 2 is 2.22 bits per heavy atom. The van der Waals surface area contributed by atoms with Crippen LogP contribution in [0.2, 0.25) is 0 Å². The van der Waals surface area contributed by atoms with Crippen LogP contribution in [0.5, 0.6) is 0 Å². The standard InChI is InChI=1S/C14H20BrFN2/c1-10(18(2)13-5-6-13)8-17-9-11-3-4-12(16)7-14(11)15/h3-4,7,10,13,17H,5-6,8-9H2,1-2H3. The summed E-state index contributed by atoms with van der Waals surface area (Å²) in [5, 5.41) is 3.43. The topological polar surface area (TPSA) is 15.3 Å². The molecule has 18 heavy (non-hydrogen) atoms. The number of benzene rings is 1. The minimum atomic E-state index is -0.201. The lowest BCUT2D eigenvalue weighted by Gasteiger charge is -2.24. The Morgan fingerprint density at radius 1 is 1.50 bits per heavy atom. The minimum absolute atomic E-state index is 0.201. The zero-order chi connectivity index (χ0) is 13.1. The van der Waals surface area contributed by atoms with Crippen LogP contribution in [0.15, 0.2) is 22.7 Å². The maximum atomic E-state index is 12.9. The second-order valence-corrected chi connectivity index (χ2v) is 5.97. The highest BCUT2D eigenvalue weighted by Crippen LogP contribution is 2.26. The molecule has 1 atom stereocenters. The summed E-state index contributed by atoms with van der Waals surface area (Å²) in [6.45, 7) is 3.96. The Kier molecular flexibility index (Phi) is 4.76. The van der Waals surface area contributed by atoms with Gasteiger partial charge < -0.3 is 5.32 Å². The zero-order valence-corrected chi connectivity index (χ0v) is 12.5. The fourth-order valence-corrected chi connectivity index (χ4v) is 2.56. The minimum Gasteiger partial charge on any atom is -0.311 e. The van der Waals surface area contributed by atoms with Gasteiger partial charge in [0, 0.05) is 29.6 Å². The molecule has 2 nitrogen and oxygen atoms in total. The number of halogens is 2. The molecule has 4 heteroatoms. The molecular weight excluding hydrogens is 295 g/mol. The van der Waals surface area contributed by atoms with Crippen LogP contribution in [-0.2, 0) is 6.54 Å².